The number of hydrogen-bond donors (Lipinski definition) is 1. The largest absolute Gasteiger partial charge is 0.446 e. The summed E-state index contributed by atoms with van der Waals surface area (Å²) in [6.07, 6.45) is -11.2. The smallest absolute Gasteiger partial charge is 0.337 e. The van der Waals surface area contributed by atoms with Gasteiger partial charge in [0.1, 0.15) is 0 Å². The number of anilines is 1. The third kappa shape index (κ3) is 3.28. The van der Waals surface area contributed by atoms with Gasteiger partial charge in [-0.05, 0) is 32.0 Å². The molecule has 1 N–H and O–H groups in total. The van der Waals surface area contributed by atoms with Crippen molar-refractivity contribution in [3.8, 4) is 0 Å². The van der Waals surface area contributed by atoms with Gasteiger partial charge in [-0.25, -0.2) is 9.69 Å². The van der Waals surface area contributed by atoms with Gasteiger partial charge in [0.2, 0.25) is 0 Å². The Hall–Kier alpha value is -2.30. The van der Waals surface area contributed by atoms with Crippen LogP contribution in [0.25, 0.3) is 0 Å². The molecule has 1 heterocycles. The Bertz CT molecular complexity index is 701. The van der Waals surface area contributed by atoms with Gasteiger partial charge in [-0.15, -0.1) is 0 Å². The van der Waals surface area contributed by atoms with Gasteiger partial charge in [0, 0.05) is 0 Å². The normalized spacial score (nSPS) is 21.9. The number of ether oxygens (including phenoxy) is 1. The molecule has 1 aromatic carbocycles. The van der Waals surface area contributed by atoms with Crippen LogP contribution in [0.5, 0.6) is 0 Å². The average molecular weight is 370 g/mol. The quantitative estimate of drug-likeness (QED) is 0.655. The van der Waals surface area contributed by atoms with Crippen molar-refractivity contribution in [3.05, 3.63) is 29.8 Å². The van der Waals surface area contributed by atoms with Gasteiger partial charge in [0.05, 0.1) is 17.4 Å². The number of halogens is 6. The lowest BCUT2D eigenvalue weighted by Gasteiger charge is -2.30. The zero-order valence-electron chi connectivity index (χ0n) is 12.8. The number of nitrogens with zero attached hydrogens (tertiary/aromatic N) is 1. The van der Waals surface area contributed by atoms with E-state index in [9.17, 15) is 35.9 Å². The lowest BCUT2D eigenvalue weighted by Crippen LogP contribution is -2.61. The fourth-order valence-electron chi connectivity index (χ4n) is 2.26. The number of amides is 3. The summed E-state index contributed by atoms with van der Waals surface area (Å²) in [5.41, 5.74) is -5.54. The summed E-state index contributed by atoms with van der Waals surface area (Å²) in [7, 11) is 0. The second-order valence-corrected chi connectivity index (χ2v) is 5.46. The van der Waals surface area contributed by atoms with Crippen LogP contribution in [0.3, 0.4) is 0 Å². The Balaban J connectivity index is 2.51. The third-order valence-corrected chi connectivity index (χ3v) is 3.23. The summed E-state index contributed by atoms with van der Waals surface area (Å²) in [4.78, 5) is 24.2. The second kappa shape index (κ2) is 5.90. The van der Waals surface area contributed by atoms with Crippen LogP contribution in [0.4, 0.5) is 36.8 Å². The molecule has 0 bridgehead atoms. The van der Waals surface area contributed by atoms with Crippen LogP contribution in [0.15, 0.2) is 24.3 Å². The zero-order chi connectivity index (χ0) is 19.2. The molecular formula is C14H12F6N2O3. The van der Waals surface area contributed by atoms with Crippen molar-refractivity contribution in [2.45, 2.75) is 38.0 Å². The Morgan fingerprint density at radius 2 is 1.72 bits per heavy atom. The van der Waals surface area contributed by atoms with Crippen molar-refractivity contribution >= 4 is 17.6 Å². The highest BCUT2D eigenvalue weighted by atomic mass is 19.4. The monoisotopic (exact) mass is 370 g/mol. The number of carbonyl (C=O) groups excluding carboxylic acids is 2. The van der Waals surface area contributed by atoms with Crippen molar-refractivity contribution in [1.29, 1.82) is 0 Å². The Kier molecular flexibility index (Phi) is 4.49. The highest BCUT2D eigenvalue weighted by Gasteiger charge is 2.70. The first kappa shape index (κ1) is 19.0. The molecule has 5 nitrogen and oxygen atoms in total. The average Bonchev–Trinajstić information content (AvgIpc) is 2.69. The first-order valence-corrected chi connectivity index (χ1v) is 6.88. The fourth-order valence-corrected chi connectivity index (χ4v) is 2.26. The van der Waals surface area contributed by atoms with Crippen LogP contribution in [-0.4, -0.2) is 29.9 Å². The van der Waals surface area contributed by atoms with E-state index in [2.05, 4.69) is 4.74 Å². The molecule has 1 aromatic rings. The van der Waals surface area contributed by atoms with E-state index in [1.807, 2.05) is 0 Å². The molecule has 2 rings (SSSR count). The summed E-state index contributed by atoms with van der Waals surface area (Å²) >= 11 is 0. The summed E-state index contributed by atoms with van der Waals surface area (Å²) in [6.45, 7) is 2.42. The topological polar surface area (TPSA) is 58.6 Å². The number of hydrogen-bond acceptors (Lipinski definition) is 3. The highest BCUT2D eigenvalue weighted by molar-refractivity contribution is 6.23. The van der Waals surface area contributed by atoms with Crippen LogP contribution < -0.4 is 10.2 Å². The Morgan fingerprint density at radius 1 is 1.12 bits per heavy atom. The molecule has 1 saturated heterocycles. The molecule has 25 heavy (non-hydrogen) atoms. The number of urea groups is 1. The van der Waals surface area contributed by atoms with Crippen molar-refractivity contribution in [2.75, 3.05) is 4.90 Å². The number of benzene rings is 1. The second-order valence-electron chi connectivity index (χ2n) is 5.46. The zero-order valence-corrected chi connectivity index (χ0v) is 12.8. The fraction of sp³-hybridized carbons (Fsp3) is 0.429. The minimum absolute atomic E-state index is 0.0227. The number of carbonyl (C=O) groups is 2. The van der Waals surface area contributed by atoms with E-state index in [0.29, 0.717) is 12.1 Å². The predicted octanol–water partition coefficient (Wildman–Crippen LogP) is 3.45. The minimum atomic E-state index is -5.32. The predicted molar refractivity (Wildman–Crippen MR) is 72.5 cm³/mol. The molecule has 1 aliphatic rings. The first-order chi connectivity index (χ1) is 11.3. The molecule has 11 heteroatoms. The molecular weight excluding hydrogens is 358 g/mol. The van der Waals surface area contributed by atoms with Gasteiger partial charge in [-0.2, -0.15) is 26.3 Å². The lowest BCUT2D eigenvalue weighted by molar-refractivity contribution is -0.277. The molecule has 1 unspecified atom stereocenters. The van der Waals surface area contributed by atoms with Crippen LogP contribution in [-0.2, 0) is 15.7 Å². The van der Waals surface area contributed by atoms with Gasteiger partial charge in [0.15, 0.2) is 0 Å². The van der Waals surface area contributed by atoms with Gasteiger partial charge < -0.3 is 4.74 Å². The summed E-state index contributed by atoms with van der Waals surface area (Å²) in [5.74, 6) is -1.86. The maximum Gasteiger partial charge on any atom is 0.446 e. The van der Waals surface area contributed by atoms with E-state index in [0.717, 1.165) is 12.1 Å². The number of nitrogens with one attached hydrogen (secondary N) is 1. The number of alkyl halides is 6. The first-order valence-electron chi connectivity index (χ1n) is 6.88. The summed E-state index contributed by atoms with van der Waals surface area (Å²) in [5, 5.41) is 1.40. The van der Waals surface area contributed by atoms with Crippen LogP contribution in [0.1, 0.15) is 19.4 Å². The maximum absolute atomic E-state index is 13.4. The Labute approximate surface area is 137 Å². The van der Waals surface area contributed by atoms with Crippen LogP contribution in [0, 0.1) is 0 Å². The summed E-state index contributed by atoms with van der Waals surface area (Å²) in [6, 6.07) is 1.30. The maximum atomic E-state index is 13.4. The van der Waals surface area contributed by atoms with Gasteiger partial charge in [0.25, 0.3) is 5.91 Å². The van der Waals surface area contributed by atoms with Gasteiger partial charge >= 0.3 is 24.1 Å². The van der Waals surface area contributed by atoms with E-state index in [4.69, 9.17) is 0 Å². The third-order valence-electron chi connectivity index (χ3n) is 3.23. The van der Waals surface area contributed by atoms with E-state index in [-0.39, 0.29) is 4.90 Å². The molecule has 138 valence electrons. The number of imide groups is 1. The molecule has 0 aliphatic carbocycles. The molecule has 0 saturated carbocycles. The molecule has 1 atom stereocenters. The summed E-state index contributed by atoms with van der Waals surface area (Å²) < 4.78 is 83.1. The standard InChI is InChI=1S/C14H12F6N2O3/c1-7(2)25-12(14(18,19)20)10(23)22(11(24)21-12)9-5-3-4-8(6-9)13(15,16)17/h3-7H,1-2H3,(H,21,24). The van der Waals surface area contributed by atoms with E-state index >= 15 is 0 Å². The molecule has 1 fully saturated rings. The Morgan fingerprint density at radius 3 is 2.20 bits per heavy atom. The molecule has 0 spiro atoms. The van der Waals surface area contributed by atoms with Crippen molar-refractivity contribution < 1.29 is 40.7 Å². The van der Waals surface area contributed by atoms with E-state index in [1.54, 1.807) is 0 Å². The lowest BCUT2D eigenvalue weighted by atomic mass is 10.1. The minimum Gasteiger partial charge on any atom is -0.337 e. The number of rotatable bonds is 3. The van der Waals surface area contributed by atoms with Crippen LogP contribution in [0.2, 0.25) is 0 Å². The molecule has 0 radical (unpaired) electrons. The van der Waals surface area contributed by atoms with Crippen molar-refractivity contribution in [3.63, 3.8) is 0 Å². The van der Waals surface area contributed by atoms with E-state index in [1.165, 1.54) is 19.2 Å². The molecule has 3 amide bonds. The van der Waals surface area contributed by atoms with Gasteiger partial charge in [-0.3, -0.25) is 10.1 Å². The van der Waals surface area contributed by atoms with Crippen molar-refractivity contribution in [2.24, 2.45) is 0 Å². The van der Waals surface area contributed by atoms with Crippen LogP contribution >= 0.6 is 0 Å². The van der Waals surface area contributed by atoms with Crippen molar-refractivity contribution in [1.82, 2.24) is 5.32 Å². The SMILES string of the molecule is CC(C)OC1(C(F)(F)F)NC(=O)N(c2cccc(C(F)(F)F)c2)C1=O. The molecule has 0 aromatic heterocycles. The highest BCUT2D eigenvalue weighted by Crippen LogP contribution is 2.40. The van der Waals surface area contributed by atoms with E-state index < -0.39 is 47.4 Å². The van der Waals surface area contributed by atoms with Gasteiger partial charge in [-0.1, -0.05) is 6.07 Å². The molecule has 1 aliphatic heterocycles.